The van der Waals surface area contributed by atoms with Crippen molar-refractivity contribution in [1.82, 2.24) is 9.47 Å². The molecule has 2 atom stereocenters. The number of benzene rings is 1. The first-order valence-electron chi connectivity index (χ1n) is 11.0. The maximum absolute atomic E-state index is 13.4. The van der Waals surface area contributed by atoms with Crippen LogP contribution in [-0.2, 0) is 24.5 Å². The fourth-order valence-corrected chi connectivity index (χ4v) is 5.14. The van der Waals surface area contributed by atoms with Gasteiger partial charge in [0, 0.05) is 49.4 Å². The van der Waals surface area contributed by atoms with Crippen LogP contribution >= 0.6 is 0 Å². The topological polar surface area (TPSA) is 87.7 Å². The van der Waals surface area contributed by atoms with Gasteiger partial charge in [-0.2, -0.15) is 0 Å². The summed E-state index contributed by atoms with van der Waals surface area (Å²) in [7, 11) is 0. The minimum atomic E-state index is -0.118. The van der Waals surface area contributed by atoms with Gasteiger partial charge in [0.25, 0.3) is 5.56 Å². The van der Waals surface area contributed by atoms with Gasteiger partial charge < -0.3 is 19.4 Å². The second-order valence-electron chi connectivity index (χ2n) is 8.87. The number of amides is 1. The van der Waals surface area contributed by atoms with Crippen molar-refractivity contribution >= 4 is 11.6 Å². The molecule has 3 aromatic rings. The van der Waals surface area contributed by atoms with Crippen molar-refractivity contribution in [3.63, 3.8) is 0 Å². The zero-order chi connectivity index (χ0) is 22.2. The molecular formula is C25H27N3O4. The van der Waals surface area contributed by atoms with E-state index in [0.29, 0.717) is 23.2 Å². The minimum absolute atomic E-state index is 0.0524. The van der Waals surface area contributed by atoms with Crippen LogP contribution in [0.4, 0.5) is 5.69 Å². The third kappa shape index (κ3) is 4.01. The smallest absolute Gasteiger partial charge is 0.258 e. The van der Waals surface area contributed by atoms with Crippen molar-refractivity contribution in [2.24, 2.45) is 5.92 Å². The fourth-order valence-electron chi connectivity index (χ4n) is 5.14. The number of anilines is 1. The minimum Gasteiger partial charge on any atom is -0.462 e. The summed E-state index contributed by atoms with van der Waals surface area (Å²) < 4.78 is 7.63. The number of hydrogen-bond acceptors (Lipinski definition) is 5. The Balaban J connectivity index is 1.37. The molecule has 7 heteroatoms. The number of aliphatic hydroxyl groups excluding tert-OH is 1. The highest BCUT2D eigenvalue weighted by molar-refractivity contribution is 5.88. The number of hydrogen-bond donors (Lipinski definition) is 2. The number of furan rings is 1. The molecule has 2 aliphatic heterocycles. The highest BCUT2D eigenvalue weighted by Crippen LogP contribution is 2.36. The van der Waals surface area contributed by atoms with Crippen LogP contribution in [0.25, 0.3) is 11.1 Å². The zero-order valence-corrected chi connectivity index (χ0v) is 18.1. The molecular weight excluding hydrogens is 406 g/mol. The molecule has 7 nitrogen and oxygen atoms in total. The van der Waals surface area contributed by atoms with E-state index in [2.05, 4.69) is 16.3 Å². The molecule has 2 bridgehead atoms. The van der Waals surface area contributed by atoms with Gasteiger partial charge >= 0.3 is 0 Å². The highest BCUT2D eigenvalue weighted by Gasteiger charge is 2.35. The van der Waals surface area contributed by atoms with Crippen molar-refractivity contribution in [2.75, 3.05) is 18.4 Å². The van der Waals surface area contributed by atoms with Crippen LogP contribution < -0.4 is 10.9 Å². The Morgan fingerprint density at radius 3 is 2.56 bits per heavy atom. The number of piperidine rings is 1. The monoisotopic (exact) mass is 433 g/mol. The van der Waals surface area contributed by atoms with Crippen LogP contribution in [0.2, 0.25) is 0 Å². The average Bonchev–Trinajstić information content (AvgIpc) is 3.22. The van der Waals surface area contributed by atoms with Crippen LogP contribution in [0.1, 0.15) is 36.5 Å². The Labute approximate surface area is 186 Å². The molecule has 2 N–H and O–H groups in total. The van der Waals surface area contributed by atoms with Crippen molar-refractivity contribution < 1.29 is 14.3 Å². The second-order valence-corrected chi connectivity index (χ2v) is 8.87. The number of fused-ring (bicyclic) bond motifs is 4. The molecule has 32 heavy (non-hydrogen) atoms. The van der Waals surface area contributed by atoms with Gasteiger partial charge in [-0.05, 0) is 54.3 Å². The van der Waals surface area contributed by atoms with E-state index < -0.39 is 0 Å². The first-order valence-corrected chi connectivity index (χ1v) is 11.0. The molecule has 2 aliphatic rings. The van der Waals surface area contributed by atoms with Crippen molar-refractivity contribution in [3.05, 3.63) is 76.1 Å². The molecule has 5 rings (SSSR count). The third-order valence-corrected chi connectivity index (χ3v) is 6.45. The zero-order valence-electron chi connectivity index (χ0n) is 18.1. The van der Waals surface area contributed by atoms with Gasteiger partial charge in [-0.3, -0.25) is 14.5 Å². The lowest BCUT2D eigenvalue weighted by molar-refractivity contribution is -0.114. The van der Waals surface area contributed by atoms with Gasteiger partial charge in [0.1, 0.15) is 18.1 Å². The third-order valence-electron chi connectivity index (χ3n) is 6.45. The number of carbonyl (C=O) groups excluding carboxylic acids is 1. The Bertz CT molecular complexity index is 1190. The van der Waals surface area contributed by atoms with Crippen LogP contribution in [0.3, 0.4) is 0 Å². The van der Waals surface area contributed by atoms with Gasteiger partial charge in [0.15, 0.2) is 0 Å². The number of aromatic nitrogens is 1. The highest BCUT2D eigenvalue weighted by atomic mass is 16.4. The van der Waals surface area contributed by atoms with E-state index in [4.69, 9.17) is 4.42 Å². The second kappa shape index (κ2) is 8.41. The van der Waals surface area contributed by atoms with Crippen molar-refractivity contribution in [1.29, 1.82) is 0 Å². The maximum atomic E-state index is 13.4. The van der Waals surface area contributed by atoms with E-state index >= 15 is 0 Å². The van der Waals surface area contributed by atoms with E-state index in [1.807, 2.05) is 47.0 Å². The molecule has 1 saturated heterocycles. The summed E-state index contributed by atoms with van der Waals surface area (Å²) in [6.45, 7) is 4.64. The first kappa shape index (κ1) is 20.7. The summed E-state index contributed by atoms with van der Waals surface area (Å²) in [4.78, 5) is 27.0. The van der Waals surface area contributed by atoms with Crippen LogP contribution in [-0.4, -0.2) is 33.6 Å². The fraction of sp³-hybridized carbons (Fsp3) is 0.360. The lowest BCUT2D eigenvalue weighted by Gasteiger charge is -2.42. The molecule has 0 radical (unpaired) electrons. The van der Waals surface area contributed by atoms with Crippen molar-refractivity contribution in [3.8, 4) is 11.1 Å². The normalized spacial score (nSPS) is 20.1. The molecule has 1 fully saturated rings. The molecule has 166 valence electrons. The molecule has 1 amide bonds. The van der Waals surface area contributed by atoms with Crippen LogP contribution in [0, 0.1) is 5.92 Å². The van der Waals surface area contributed by atoms with E-state index in [1.165, 1.54) is 6.92 Å². The van der Waals surface area contributed by atoms with Gasteiger partial charge in [0.05, 0.1) is 6.54 Å². The number of likely N-dealkylation sites (tertiary alicyclic amines) is 1. The molecule has 2 unspecified atom stereocenters. The number of rotatable bonds is 5. The molecule has 0 saturated carbocycles. The van der Waals surface area contributed by atoms with E-state index in [-0.39, 0.29) is 18.1 Å². The average molecular weight is 434 g/mol. The maximum Gasteiger partial charge on any atom is 0.258 e. The molecule has 2 aromatic heterocycles. The number of nitrogens with one attached hydrogen (secondary N) is 1. The Morgan fingerprint density at radius 2 is 1.84 bits per heavy atom. The summed E-state index contributed by atoms with van der Waals surface area (Å²) in [6.07, 6.45) is 1.10. The largest absolute Gasteiger partial charge is 0.462 e. The molecule has 0 spiro atoms. The number of pyridine rings is 1. The molecule has 0 aliphatic carbocycles. The van der Waals surface area contributed by atoms with E-state index in [9.17, 15) is 14.7 Å². The standard InChI is InChI=1S/C25H27N3O4/c1-16(30)26-20-4-2-18(3-5-20)23-8-9-24-19-10-17(12-28(24)25(23)31)11-27(13-19)14-21-6-7-22(15-29)32-21/h2-9,17,19,29H,10-15H2,1H3,(H,26,30). The number of nitrogens with zero attached hydrogens (tertiary/aromatic N) is 2. The Kier molecular flexibility index (Phi) is 5.45. The lowest BCUT2D eigenvalue weighted by Crippen LogP contribution is -2.46. The number of aliphatic hydroxyl groups is 1. The van der Waals surface area contributed by atoms with Gasteiger partial charge in [-0.15, -0.1) is 0 Å². The van der Waals surface area contributed by atoms with Crippen molar-refractivity contribution in [2.45, 2.75) is 39.0 Å². The first-order chi connectivity index (χ1) is 15.5. The predicted molar refractivity (Wildman–Crippen MR) is 121 cm³/mol. The van der Waals surface area contributed by atoms with E-state index in [0.717, 1.165) is 55.3 Å². The Morgan fingerprint density at radius 1 is 1.06 bits per heavy atom. The molecule has 4 heterocycles. The van der Waals surface area contributed by atoms with Gasteiger partial charge in [-0.25, -0.2) is 0 Å². The quantitative estimate of drug-likeness (QED) is 0.645. The van der Waals surface area contributed by atoms with Gasteiger partial charge in [-0.1, -0.05) is 12.1 Å². The summed E-state index contributed by atoms with van der Waals surface area (Å²) in [5.74, 6) is 2.08. The lowest BCUT2D eigenvalue weighted by atomic mass is 9.82. The summed E-state index contributed by atoms with van der Waals surface area (Å²) in [6, 6.07) is 15.2. The predicted octanol–water partition coefficient (Wildman–Crippen LogP) is 3.18. The summed E-state index contributed by atoms with van der Waals surface area (Å²) >= 11 is 0. The Hall–Kier alpha value is -3.16. The van der Waals surface area contributed by atoms with Crippen LogP contribution in [0.5, 0.6) is 0 Å². The van der Waals surface area contributed by atoms with Crippen LogP contribution in [0.15, 0.2) is 57.7 Å². The SMILES string of the molecule is CC(=O)Nc1ccc(-c2ccc3n(c2=O)CC2CC3CN(Cc3ccc(CO)o3)C2)cc1. The summed E-state index contributed by atoms with van der Waals surface area (Å²) in [5, 5.41) is 12.0. The van der Waals surface area contributed by atoms with Gasteiger partial charge in [0.2, 0.25) is 5.91 Å². The number of carbonyl (C=O) groups is 1. The van der Waals surface area contributed by atoms with E-state index in [1.54, 1.807) is 0 Å². The molecule has 1 aromatic carbocycles. The summed E-state index contributed by atoms with van der Waals surface area (Å²) in [5.41, 5.74) is 3.42.